The predicted octanol–water partition coefficient (Wildman–Crippen LogP) is 4.05. The molecule has 0 fully saturated rings. The van der Waals surface area contributed by atoms with E-state index in [1.165, 1.54) is 0 Å². The molecule has 114 valence electrons. The van der Waals surface area contributed by atoms with E-state index in [-0.39, 0.29) is 5.91 Å². The first-order valence-electron chi connectivity index (χ1n) is 7.39. The molecule has 21 heavy (non-hydrogen) atoms. The fraction of sp³-hybridized carbons (Fsp3) is 0.471. The molecule has 2 heterocycles. The second-order valence-electron chi connectivity index (χ2n) is 5.67. The molecule has 4 nitrogen and oxygen atoms in total. The minimum Gasteiger partial charge on any atom is -0.469 e. The predicted molar refractivity (Wildman–Crippen MR) is 80.7 cm³/mol. The molecule has 0 bridgehead atoms. The van der Waals surface area contributed by atoms with Crippen molar-refractivity contribution in [2.24, 2.45) is 5.92 Å². The van der Waals surface area contributed by atoms with Crippen molar-refractivity contribution in [2.75, 3.05) is 6.54 Å². The van der Waals surface area contributed by atoms with Gasteiger partial charge in [-0.05, 0) is 36.6 Å². The summed E-state index contributed by atoms with van der Waals surface area (Å²) in [6.07, 6.45) is 4.22. The SMILES string of the molecule is CC(=O)N(CCC(c1ccco1)C(C)C)Cc1ccco1. The van der Waals surface area contributed by atoms with E-state index < -0.39 is 0 Å². The first-order valence-corrected chi connectivity index (χ1v) is 7.39. The van der Waals surface area contributed by atoms with Crippen LogP contribution >= 0.6 is 0 Å². The summed E-state index contributed by atoms with van der Waals surface area (Å²) in [5, 5.41) is 0. The summed E-state index contributed by atoms with van der Waals surface area (Å²) in [5.74, 6) is 2.65. The molecule has 1 unspecified atom stereocenters. The number of nitrogens with zero attached hydrogens (tertiary/aromatic N) is 1. The van der Waals surface area contributed by atoms with Gasteiger partial charge in [0.1, 0.15) is 11.5 Å². The van der Waals surface area contributed by atoms with Gasteiger partial charge in [0, 0.05) is 19.4 Å². The zero-order valence-corrected chi connectivity index (χ0v) is 12.9. The number of carbonyl (C=O) groups is 1. The van der Waals surface area contributed by atoms with Crippen LogP contribution in [-0.4, -0.2) is 17.4 Å². The lowest BCUT2D eigenvalue weighted by Crippen LogP contribution is -2.30. The molecule has 2 aromatic rings. The van der Waals surface area contributed by atoms with Crippen LogP contribution in [0.1, 0.15) is 44.6 Å². The van der Waals surface area contributed by atoms with E-state index in [9.17, 15) is 4.79 Å². The van der Waals surface area contributed by atoms with Crippen molar-refractivity contribution in [1.82, 2.24) is 4.90 Å². The molecule has 0 radical (unpaired) electrons. The molecule has 0 saturated carbocycles. The number of rotatable bonds is 7. The monoisotopic (exact) mass is 289 g/mol. The van der Waals surface area contributed by atoms with Gasteiger partial charge in [-0.25, -0.2) is 0 Å². The fourth-order valence-electron chi connectivity index (χ4n) is 2.54. The van der Waals surface area contributed by atoms with Gasteiger partial charge in [0.25, 0.3) is 0 Å². The second-order valence-corrected chi connectivity index (χ2v) is 5.67. The van der Waals surface area contributed by atoms with Gasteiger partial charge in [-0.15, -0.1) is 0 Å². The van der Waals surface area contributed by atoms with E-state index in [4.69, 9.17) is 8.83 Å². The molecular formula is C17H23NO3. The summed E-state index contributed by atoms with van der Waals surface area (Å²) < 4.78 is 10.9. The fourth-order valence-corrected chi connectivity index (χ4v) is 2.54. The van der Waals surface area contributed by atoms with E-state index in [0.717, 1.165) is 17.9 Å². The summed E-state index contributed by atoms with van der Waals surface area (Å²) in [4.78, 5) is 13.6. The number of amides is 1. The lowest BCUT2D eigenvalue weighted by Gasteiger charge is -2.24. The van der Waals surface area contributed by atoms with Crippen LogP contribution in [0.2, 0.25) is 0 Å². The zero-order valence-electron chi connectivity index (χ0n) is 12.9. The molecule has 0 aromatic carbocycles. The van der Waals surface area contributed by atoms with E-state index in [2.05, 4.69) is 13.8 Å². The van der Waals surface area contributed by atoms with Crippen LogP contribution in [0.25, 0.3) is 0 Å². The molecule has 0 saturated heterocycles. The number of carbonyl (C=O) groups excluding carboxylic acids is 1. The molecule has 0 aliphatic rings. The average Bonchev–Trinajstić information content (AvgIpc) is 3.09. The smallest absolute Gasteiger partial charge is 0.219 e. The Kier molecular flexibility index (Phi) is 5.26. The van der Waals surface area contributed by atoms with Gasteiger partial charge in [-0.1, -0.05) is 13.8 Å². The Bertz CT molecular complexity index is 528. The maximum Gasteiger partial charge on any atom is 0.219 e. The Balaban J connectivity index is 1.98. The van der Waals surface area contributed by atoms with Gasteiger partial charge >= 0.3 is 0 Å². The second kappa shape index (κ2) is 7.16. The normalized spacial score (nSPS) is 12.6. The first kappa shape index (κ1) is 15.4. The third-order valence-electron chi connectivity index (χ3n) is 3.80. The summed E-state index contributed by atoms with van der Waals surface area (Å²) in [5.41, 5.74) is 0. The molecular weight excluding hydrogens is 266 g/mol. The lowest BCUT2D eigenvalue weighted by atomic mass is 9.90. The van der Waals surface area contributed by atoms with Gasteiger partial charge in [-0.3, -0.25) is 4.79 Å². The van der Waals surface area contributed by atoms with E-state index >= 15 is 0 Å². The van der Waals surface area contributed by atoms with Crippen molar-refractivity contribution in [1.29, 1.82) is 0 Å². The van der Waals surface area contributed by atoms with Gasteiger partial charge < -0.3 is 13.7 Å². The number of furan rings is 2. The molecule has 2 rings (SSSR count). The Labute approximate surface area is 125 Å². The first-order chi connectivity index (χ1) is 10.1. The lowest BCUT2D eigenvalue weighted by molar-refractivity contribution is -0.129. The van der Waals surface area contributed by atoms with Crippen LogP contribution in [0, 0.1) is 5.92 Å². The van der Waals surface area contributed by atoms with Crippen LogP contribution in [0.15, 0.2) is 45.6 Å². The Morgan fingerprint density at radius 1 is 1.19 bits per heavy atom. The molecule has 4 heteroatoms. The topological polar surface area (TPSA) is 46.6 Å². The highest BCUT2D eigenvalue weighted by molar-refractivity contribution is 5.73. The summed E-state index contributed by atoms with van der Waals surface area (Å²) in [7, 11) is 0. The molecule has 1 atom stereocenters. The third-order valence-corrected chi connectivity index (χ3v) is 3.80. The van der Waals surface area contributed by atoms with Crippen LogP contribution in [0.5, 0.6) is 0 Å². The molecule has 0 spiro atoms. The Morgan fingerprint density at radius 3 is 2.43 bits per heavy atom. The highest BCUT2D eigenvalue weighted by atomic mass is 16.3. The van der Waals surface area contributed by atoms with Crippen LogP contribution in [0.3, 0.4) is 0 Å². The highest BCUT2D eigenvalue weighted by Crippen LogP contribution is 2.28. The average molecular weight is 289 g/mol. The summed E-state index contributed by atoms with van der Waals surface area (Å²) >= 11 is 0. The Hall–Kier alpha value is -1.97. The van der Waals surface area contributed by atoms with E-state index in [1.54, 1.807) is 19.5 Å². The van der Waals surface area contributed by atoms with Crippen molar-refractivity contribution < 1.29 is 13.6 Å². The van der Waals surface area contributed by atoms with Crippen molar-refractivity contribution in [2.45, 2.75) is 39.7 Å². The highest BCUT2D eigenvalue weighted by Gasteiger charge is 2.21. The minimum absolute atomic E-state index is 0.0633. The number of hydrogen-bond acceptors (Lipinski definition) is 3. The van der Waals surface area contributed by atoms with Gasteiger partial charge in [-0.2, -0.15) is 0 Å². The van der Waals surface area contributed by atoms with Crippen molar-refractivity contribution in [3.05, 3.63) is 48.3 Å². The van der Waals surface area contributed by atoms with Crippen LogP contribution in [-0.2, 0) is 11.3 Å². The van der Waals surface area contributed by atoms with Crippen molar-refractivity contribution >= 4 is 5.91 Å². The van der Waals surface area contributed by atoms with Gasteiger partial charge in [0.05, 0.1) is 19.1 Å². The Morgan fingerprint density at radius 2 is 1.90 bits per heavy atom. The van der Waals surface area contributed by atoms with Crippen molar-refractivity contribution in [3.8, 4) is 0 Å². The zero-order chi connectivity index (χ0) is 15.2. The maximum atomic E-state index is 11.8. The standard InChI is InChI=1S/C17H23NO3/c1-13(2)16(17-7-5-11-21-17)8-9-18(14(3)19)12-15-6-4-10-20-15/h4-7,10-11,13,16H,8-9,12H2,1-3H3. The minimum atomic E-state index is 0.0633. The largest absolute Gasteiger partial charge is 0.469 e. The summed E-state index contributed by atoms with van der Waals surface area (Å²) in [6.45, 7) is 7.17. The quantitative estimate of drug-likeness (QED) is 0.772. The molecule has 0 aliphatic heterocycles. The van der Waals surface area contributed by atoms with Gasteiger partial charge in [0.2, 0.25) is 5.91 Å². The molecule has 0 N–H and O–H groups in total. The number of hydrogen-bond donors (Lipinski definition) is 0. The van der Waals surface area contributed by atoms with Crippen LogP contribution in [0.4, 0.5) is 0 Å². The van der Waals surface area contributed by atoms with Crippen LogP contribution < -0.4 is 0 Å². The maximum absolute atomic E-state index is 11.8. The summed E-state index contributed by atoms with van der Waals surface area (Å²) in [6, 6.07) is 7.65. The van der Waals surface area contributed by atoms with E-state index in [0.29, 0.717) is 24.9 Å². The molecule has 2 aromatic heterocycles. The van der Waals surface area contributed by atoms with Gasteiger partial charge in [0.15, 0.2) is 0 Å². The van der Waals surface area contributed by atoms with E-state index in [1.807, 2.05) is 29.2 Å². The molecule has 0 aliphatic carbocycles. The van der Waals surface area contributed by atoms with Crippen molar-refractivity contribution in [3.63, 3.8) is 0 Å². The third kappa shape index (κ3) is 4.25. The molecule has 1 amide bonds.